The first-order chi connectivity index (χ1) is 10.1. The minimum atomic E-state index is -5.63. The Kier molecular flexibility index (Phi) is 6.92. The van der Waals surface area contributed by atoms with Crippen LogP contribution in [-0.4, -0.2) is 43.2 Å². The number of hydrogen-bond donors (Lipinski definition) is 1. The third kappa shape index (κ3) is 9.63. The van der Waals surface area contributed by atoms with Gasteiger partial charge in [0, 0.05) is 0 Å². The smallest absolute Gasteiger partial charge is 0.421 e. The maximum absolute atomic E-state index is 12.1. The summed E-state index contributed by atoms with van der Waals surface area (Å²) in [6.07, 6.45) is -12.5. The van der Waals surface area contributed by atoms with Crippen LogP contribution in [0, 0.1) is 0 Å². The molecule has 0 spiro atoms. The predicted octanol–water partition coefficient (Wildman–Crippen LogP) is 3.11. The van der Waals surface area contributed by atoms with Crippen LogP contribution in [0.15, 0.2) is 11.6 Å². The molecule has 1 amide bonds. The van der Waals surface area contributed by atoms with E-state index in [2.05, 4.69) is 4.74 Å². The molecule has 0 aliphatic rings. The van der Waals surface area contributed by atoms with E-state index in [-0.39, 0.29) is 6.08 Å². The van der Waals surface area contributed by atoms with Gasteiger partial charge in [0.2, 0.25) is 0 Å². The van der Waals surface area contributed by atoms with Crippen molar-refractivity contribution in [3.63, 3.8) is 0 Å². The Morgan fingerprint density at radius 1 is 1.00 bits per heavy atom. The molecule has 0 fully saturated rings. The van der Waals surface area contributed by atoms with E-state index < -0.39 is 48.7 Å². The summed E-state index contributed by atoms with van der Waals surface area (Å²) in [6.45, 7) is 2.63. The minimum Gasteiger partial charge on any atom is -0.460 e. The number of alkyl carbamates (subject to hydrolysis) is 1. The van der Waals surface area contributed by atoms with Crippen LogP contribution in [0.2, 0.25) is 0 Å². The highest BCUT2D eigenvalue weighted by Crippen LogP contribution is 2.38. The first-order valence-electron chi connectivity index (χ1n) is 6.10. The summed E-state index contributed by atoms with van der Waals surface area (Å²) in [7, 11) is 0. The van der Waals surface area contributed by atoms with Crippen LogP contribution < -0.4 is 5.32 Å². The molecule has 0 rings (SSSR count). The molecular formula is C12H15F6NO4. The first kappa shape index (κ1) is 21.1. The second-order valence-electron chi connectivity index (χ2n) is 5.15. The van der Waals surface area contributed by atoms with Crippen molar-refractivity contribution in [2.75, 3.05) is 13.2 Å². The van der Waals surface area contributed by atoms with Gasteiger partial charge in [0.15, 0.2) is 0 Å². The van der Waals surface area contributed by atoms with Crippen LogP contribution >= 0.6 is 0 Å². The van der Waals surface area contributed by atoms with Crippen LogP contribution in [0.1, 0.15) is 20.8 Å². The molecule has 0 bridgehead atoms. The zero-order valence-corrected chi connectivity index (χ0v) is 12.4. The Bertz CT molecular complexity index is 446. The second-order valence-corrected chi connectivity index (χ2v) is 5.15. The van der Waals surface area contributed by atoms with Gasteiger partial charge in [0.25, 0.3) is 0 Å². The van der Waals surface area contributed by atoms with Gasteiger partial charge in [-0.25, -0.2) is 4.79 Å². The van der Waals surface area contributed by atoms with Crippen molar-refractivity contribution in [1.82, 2.24) is 5.32 Å². The molecule has 134 valence electrons. The van der Waals surface area contributed by atoms with Gasteiger partial charge in [-0.3, -0.25) is 4.79 Å². The Morgan fingerprint density at radius 3 is 1.87 bits per heavy atom. The highest BCUT2D eigenvalue weighted by molar-refractivity contribution is 5.78. The van der Waals surface area contributed by atoms with Gasteiger partial charge in [0.05, 0.1) is 0 Å². The van der Waals surface area contributed by atoms with E-state index in [0.717, 1.165) is 0 Å². The number of ether oxygens (including phenoxy) is 2. The Balaban J connectivity index is 4.44. The van der Waals surface area contributed by atoms with E-state index in [1.807, 2.05) is 5.32 Å². The molecule has 0 aromatic carbocycles. The summed E-state index contributed by atoms with van der Waals surface area (Å²) in [6, 6.07) is 0. The molecule has 1 N–H and O–H groups in total. The van der Waals surface area contributed by atoms with Crippen LogP contribution in [0.25, 0.3) is 0 Å². The van der Waals surface area contributed by atoms with E-state index in [0.29, 0.717) is 0 Å². The van der Waals surface area contributed by atoms with Gasteiger partial charge in [-0.15, -0.1) is 0 Å². The summed E-state index contributed by atoms with van der Waals surface area (Å²) >= 11 is 0. The van der Waals surface area contributed by atoms with Crippen LogP contribution in [0.4, 0.5) is 31.1 Å². The van der Waals surface area contributed by atoms with Crippen molar-refractivity contribution < 1.29 is 45.4 Å². The van der Waals surface area contributed by atoms with Crippen molar-refractivity contribution >= 4 is 12.1 Å². The molecule has 23 heavy (non-hydrogen) atoms. The fraction of sp³-hybridized carbons (Fsp3) is 0.667. The number of allylic oxidation sites excluding steroid dienone is 1. The van der Waals surface area contributed by atoms with Gasteiger partial charge in [0.1, 0.15) is 24.3 Å². The highest BCUT2D eigenvalue weighted by Gasteiger charge is 2.50. The summed E-state index contributed by atoms with van der Waals surface area (Å²) in [5, 5.41) is 1.94. The molecular weight excluding hydrogens is 336 g/mol. The molecule has 0 aliphatic heterocycles. The number of esters is 1. The maximum Gasteiger partial charge on any atom is 0.421 e. The fourth-order valence-corrected chi connectivity index (χ4v) is 1.12. The molecule has 5 nitrogen and oxygen atoms in total. The van der Waals surface area contributed by atoms with Crippen molar-refractivity contribution in [2.24, 2.45) is 0 Å². The second kappa shape index (κ2) is 7.55. The summed E-state index contributed by atoms with van der Waals surface area (Å²) in [5.74, 6) is -1.23. The lowest BCUT2D eigenvalue weighted by molar-refractivity contribution is -0.173. The third-order valence-electron chi connectivity index (χ3n) is 1.92. The molecule has 0 saturated heterocycles. The summed E-state index contributed by atoms with van der Waals surface area (Å²) in [4.78, 5) is 22.3. The molecule has 0 atom stereocenters. The fourth-order valence-electron chi connectivity index (χ4n) is 1.12. The third-order valence-corrected chi connectivity index (χ3v) is 1.92. The first-order valence-corrected chi connectivity index (χ1v) is 6.10. The molecule has 0 aromatic rings. The van der Waals surface area contributed by atoms with E-state index in [9.17, 15) is 35.9 Å². The number of amides is 1. The highest BCUT2D eigenvalue weighted by atomic mass is 19.4. The lowest BCUT2D eigenvalue weighted by atomic mass is 10.2. The normalized spacial score (nSPS) is 12.4. The average Bonchev–Trinajstić information content (AvgIpc) is 2.26. The molecule has 0 aliphatic carbocycles. The number of hydrogen-bond acceptors (Lipinski definition) is 4. The van der Waals surface area contributed by atoms with E-state index >= 15 is 0 Å². The van der Waals surface area contributed by atoms with Crippen molar-refractivity contribution in [3.05, 3.63) is 11.6 Å². The van der Waals surface area contributed by atoms with Crippen LogP contribution in [0.3, 0.4) is 0 Å². The number of alkyl halides is 6. The van der Waals surface area contributed by atoms with E-state index in [1.165, 1.54) is 0 Å². The van der Waals surface area contributed by atoms with E-state index in [1.54, 1.807) is 20.8 Å². The molecule has 11 heteroatoms. The van der Waals surface area contributed by atoms with Crippen molar-refractivity contribution in [1.29, 1.82) is 0 Å². The number of carbonyl (C=O) groups is 2. The molecule has 0 unspecified atom stereocenters. The van der Waals surface area contributed by atoms with Crippen molar-refractivity contribution in [3.8, 4) is 0 Å². The van der Waals surface area contributed by atoms with Gasteiger partial charge < -0.3 is 14.8 Å². The molecule has 0 radical (unpaired) electrons. The lowest BCUT2D eigenvalue weighted by Crippen LogP contribution is -2.36. The standard InChI is InChI=1S/C12H15F6NO4/c1-10(2,3)23-9(21)19-6-8(20)22-5-4-7(11(13,14)15)12(16,17)18/h4H,5-6H2,1-3H3,(H,19,21). The van der Waals surface area contributed by atoms with Gasteiger partial charge in [-0.2, -0.15) is 26.3 Å². The zero-order chi connectivity index (χ0) is 18.5. The average molecular weight is 351 g/mol. The number of carbonyl (C=O) groups excluding carboxylic acids is 2. The quantitative estimate of drug-likeness (QED) is 0.480. The van der Waals surface area contributed by atoms with Crippen LogP contribution in [0.5, 0.6) is 0 Å². The predicted molar refractivity (Wildman–Crippen MR) is 65.4 cm³/mol. The number of nitrogens with one attached hydrogen (secondary N) is 1. The van der Waals surface area contributed by atoms with Crippen molar-refractivity contribution in [2.45, 2.75) is 38.7 Å². The number of halogens is 6. The Labute approximate surface area is 127 Å². The molecule has 0 saturated carbocycles. The monoisotopic (exact) mass is 351 g/mol. The summed E-state index contributed by atoms with van der Waals surface area (Å²) < 4.78 is 81.8. The number of rotatable bonds is 4. The van der Waals surface area contributed by atoms with Crippen LogP contribution in [-0.2, 0) is 14.3 Å². The van der Waals surface area contributed by atoms with Gasteiger partial charge in [-0.05, 0) is 26.8 Å². The zero-order valence-electron chi connectivity index (χ0n) is 12.4. The lowest BCUT2D eigenvalue weighted by Gasteiger charge is -2.19. The van der Waals surface area contributed by atoms with Gasteiger partial charge in [-0.1, -0.05) is 0 Å². The SMILES string of the molecule is CC(C)(C)OC(=O)NCC(=O)OCC=C(C(F)(F)F)C(F)(F)F. The van der Waals surface area contributed by atoms with Gasteiger partial charge >= 0.3 is 24.4 Å². The largest absolute Gasteiger partial charge is 0.460 e. The Morgan fingerprint density at radius 2 is 1.48 bits per heavy atom. The van der Waals surface area contributed by atoms with E-state index in [4.69, 9.17) is 4.74 Å². The Hall–Kier alpha value is -1.94. The minimum absolute atomic E-state index is 0.300. The summed E-state index contributed by atoms with van der Waals surface area (Å²) in [5.41, 5.74) is -3.62. The molecule has 0 heterocycles. The maximum atomic E-state index is 12.1. The topological polar surface area (TPSA) is 64.6 Å². The molecule has 0 aromatic heterocycles.